The number of carbonyl (C=O) groups is 2. The van der Waals surface area contributed by atoms with Crippen LogP contribution in [0.5, 0.6) is 0 Å². The number of benzene rings is 1. The lowest BCUT2D eigenvalue weighted by Gasteiger charge is -2.26. The molecule has 3 heteroatoms. The van der Waals surface area contributed by atoms with E-state index in [0.29, 0.717) is 5.56 Å². The minimum Gasteiger partial charge on any atom is -0.456 e. The second-order valence-corrected chi connectivity index (χ2v) is 5.05. The van der Waals surface area contributed by atoms with E-state index in [-0.39, 0.29) is 12.0 Å². The van der Waals surface area contributed by atoms with Crippen LogP contribution in [0.1, 0.15) is 37.0 Å². The highest BCUT2D eigenvalue weighted by Gasteiger charge is 2.27. The van der Waals surface area contributed by atoms with Crippen LogP contribution in [-0.4, -0.2) is 17.9 Å². The third kappa shape index (κ3) is 3.31. The number of allylic oxidation sites excluding steroid dienone is 1. The van der Waals surface area contributed by atoms with Gasteiger partial charge in [0.1, 0.15) is 6.10 Å². The Hall–Kier alpha value is -1.90. The van der Waals surface area contributed by atoms with Crippen LogP contribution in [-0.2, 0) is 9.53 Å². The summed E-state index contributed by atoms with van der Waals surface area (Å²) in [7, 11) is 0. The summed E-state index contributed by atoms with van der Waals surface area (Å²) in [4.78, 5) is 23.7. The van der Waals surface area contributed by atoms with E-state index in [1.807, 2.05) is 6.92 Å². The molecule has 0 radical (unpaired) electrons. The Labute approximate surface area is 113 Å². The van der Waals surface area contributed by atoms with Gasteiger partial charge in [0.25, 0.3) is 5.78 Å². The fourth-order valence-electron chi connectivity index (χ4n) is 2.34. The van der Waals surface area contributed by atoms with Gasteiger partial charge in [-0.05, 0) is 19.8 Å². The minimum atomic E-state index is -0.754. The Bertz CT molecular complexity index is 502. The molecule has 0 N–H and O–H groups in total. The molecule has 0 fully saturated rings. The van der Waals surface area contributed by atoms with Crippen molar-refractivity contribution in [1.29, 1.82) is 0 Å². The van der Waals surface area contributed by atoms with E-state index < -0.39 is 11.8 Å². The van der Waals surface area contributed by atoms with E-state index in [9.17, 15) is 9.59 Å². The molecule has 1 aromatic rings. The quantitative estimate of drug-likeness (QED) is 0.362. The molecule has 2 unspecified atom stereocenters. The Morgan fingerprint density at radius 2 is 1.89 bits per heavy atom. The number of hydrogen-bond donors (Lipinski definition) is 0. The molecule has 0 spiro atoms. The van der Waals surface area contributed by atoms with Gasteiger partial charge in [-0.15, -0.1) is 0 Å². The Morgan fingerprint density at radius 1 is 1.21 bits per heavy atom. The van der Waals surface area contributed by atoms with Crippen molar-refractivity contribution in [1.82, 2.24) is 0 Å². The molecule has 3 nitrogen and oxygen atoms in total. The molecule has 1 aliphatic rings. The van der Waals surface area contributed by atoms with Gasteiger partial charge in [-0.3, -0.25) is 4.79 Å². The predicted octanol–water partition coefficient (Wildman–Crippen LogP) is 3.16. The standard InChI is InChI=1S/C16H18O3/c1-11-8-9-14(12(2)10-11)19-16(18)15(17)13-6-4-3-5-7-13/h3-7,10,12,14H,8-9H2,1-2H3. The second kappa shape index (κ2) is 5.83. The predicted molar refractivity (Wildman–Crippen MR) is 72.8 cm³/mol. The lowest BCUT2D eigenvalue weighted by atomic mass is 9.90. The molecule has 0 aromatic heterocycles. The zero-order valence-corrected chi connectivity index (χ0v) is 11.3. The van der Waals surface area contributed by atoms with Crippen LogP contribution >= 0.6 is 0 Å². The molecule has 1 aromatic carbocycles. The highest BCUT2D eigenvalue weighted by atomic mass is 16.5. The van der Waals surface area contributed by atoms with E-state index in [2.05, 4.69) is 13.0 Å². The fraction of sp³-hybridized carbons (Fsp3) is 0.375. The molecule has 2 atom stereocenters. The van der Waals surface area contributed by atoms with E-state index in [4.69, 9.17) is 4.74 Å². The van der Waals surface area contributed by atoms with E-state index >= 15 is 0 Å². The maximum absolute atomic E-state index is 11.9. The van der Waals surface area contributed by atoms with Crippen molar-refractivity contribution in [2.24, 2.45) is 5.92 Å². The second-order valence-electron chi connectivity index (χ2n) is 5.05. The third-order valence-corrected chi connectivity index (χ3v) is 3.44. The van der Waals surface area contributed by atoms with E-state index in [1.165, 1.54) is 5.57 Å². The Kier molecular flexibility index (Phi) is 4.15. The van der Waals surface area contributed by atoms with Crippen molar-refractivity contribution >= 4 is 11.8 Å². The van der Waals surface area contributed by atoms with Crippen molar-refractivity contribution < 1.29 is 14.3 Å². The SMILES string of the molecule is CC1=CC(C)C(OC(=O)C(=O)c2ccccc2)CC1. The van der Waals surface area contributed by atoms with Crippen LogP contribution in [0, 0.1) is 5.92 Å². The molecule has 100 valence electrons. The van der Waals surface area contributed by atoms with Crippen molar-refractivity contribution in [3.63, 3.8) is 0 Å². The van der Waals surface area contributed by atoms with Crippen molar-refractivity contribution in [2.75, 3.05) is 0 Å². The van der Waals surface area contributed by atoms with Crippen molar-refractivity contribution in [2.45, 2.75) is 32.8 Å². The molecular formula is C16H18O3. The molecule has 0 bridgehead atoms. The molecule has 0 heterocycles. The average molecular weight is 258 g/mol. The lowest BCUT2D eigenvalue weighted by Crippen LogP contribution is -2.30. The van der Waals surface area contributed by atoms with Gasteiger partial charge in [0.2, 0.25) is 0 Å². The third-order valence-electron chi connectivity index (χ3n) is 3.44. The molecule has 0 saturated heterocycles. The van der Waals surface area contributed by atoms with E-state index in [0.717, 1.165) is 12.8 Å². The first kappa shape index (κ1) is 13.5. The van der Waals surface area contributed by atoms with Gasteiger partial charge in [0.05, 0.1) is 0 Å². The van der Waals surface area contributed by atoms with Gasteiger partial charge in [-0.2, -0.15) is 0 Å². The molecule has 0 aliphatic heterocycles. The summed E-state index contributed by atoms with van der Waals surface area (Å²) in [5.41, 5.74) is 1.69. The first-order valence-corrected chi connectivity index (χ1v) is 6.55. The molecular weight excluding hydrogens is 240 g/mol. The van der Waals surface area contributed by atoms with Crippen LogP contribution in [0.2, 0.25) is 0 Å². The van der Waals surface area contributed by atoms with Crippen LogP contribution in [0.4, 0.5) is 0 Å². The van der Waals surface area contributed by atoms with Crippen LogP contribution in [0.25, 0.3) is 0 Å². The highest BCUT2D eigenvalue weighted by molar-refractivity contribution is 6.40. The zero-order chi connectivity index (χ0) is 13.8. The van der Waals surface area contributed by atoms with Gasteiger partial charge in [-0.1, -0.05) is 48.9 Å². The summed E-state index contributed by atoms with van der Waals surface area (Å²) < 4.78 is 5.34. The summed E-state index contributed by atoms with van der Waals surface area (Å²) >= 11 is 0. The first-order chi connectivity index (χ1) is 9.08. The largest absolute Gasteiger partial charge is 0.456 e. The van der Waals surface area contributed by atoms with Crippen LogP contribution in [0.3, 0.4) is 0 Å². The topological polar surface area (TPSA) is 43.4 Å². The number of Topliss-reactive ketones (excluding diaryl/α,β-unsaturated/α-hetero) is 1. The number of esters is 1. The number of rotatable bonds is 3. The molecule has 1 aliphatic carbocycles. The lowest BCUT2D eigenvalue weighted by molar-refractivity contribution is -0.145. The summed E-state index contributed by atoms with van der Waals surface area (Å²) in [5.74, 6) is -1.16. The van der Waals surface area contributed by atoms with Crippen LogP contribution < -0.4 is 0 Å². The molecule has 0 amide bonds. The Balaban J connectivity index is 2.00. The van der Waals surface area contributed by atoms with Gasteiger partial charge in [-0.25, -0.2) is 4.79 Å². The van der Waals surface area contributed by atoms with E-state index in [1.54, 1.807) is 30.3 Å². The summed E-state index contributed by atoms with van der Waals surface area (Å²) in [6, 6.07) is 8.51. The zero-order valence-electron chi connectivity index (χ0n) is 11.3. The molecule has 19 heavy (non-hydrogen) atoms. The maximum Gasteiger partial charge on any atom is 0.379 e. The summed E-state index contributed by atoms with van der Waals surface area (Å²) in [6.07, 6.45) is 3.62. The fourth-order valence-corrected chi connectivity index (χ4v) is 2.34. The number of carbonyl (C=O) groups excluding carboxylic acids is 2. The highest BCUT2D eigenvalue weighted by Crippen LogP contribution is 2.25. The van der Waals surface area contributed by atoms with Gasteiger partial charge in [0.15, 0.2) is 0 Å². The monoisotopic (exact) mass is 258 g/mol. The van der Waals surface area contributed by atoms with Crippen molar-refractivity contribution in [3.8, 4) is 0 Å². The van der Waals surface area contributed by atoms with Gasteiger partial charge < -0.3 is 4.74 Å². The summed E-state index contributed by atoms with van der Waals surface area (Å²) in [6.45, 7) is 4.08. The van der Waals surface area contributed by atoms with Crippen LogP contribution in [0.15, 0.2) is 42.0 Å². The summed E-state index contributed by atoms with van der Waals surface area (Å²) in [5, 5.41) is 0. The average Bonchev–Trinajstić information content (AvgIpc) is 2.42. The maximum atomic E-state index is 11.9. The Morgan fingerprint density at radius 3 is 2.53 bits per heavy atom. The normalized spacial score (nSPS) is 22.5. The molecule has 2 rings (SSSR count). The molecule has 0 saturated carbocycles. The number of ketones is 1. The minimum absolute atomic E-state index is 0.168. The van der Waals surface area contributed by atoms with Crippen molar-refractivity contribution in [3.05, 3.63) is 47.5 Å². The smallest absolute Gasteiger partial charge is 0.379 e. The van der Waals surface area contributed by atoms with Gasteiger partial charge >= 0.3 is 5.97 Å². The first-order valence-electron chi connectivity index (χ1n) is 6.55. The number of ether oxygens (including phenoxy) is 1. The number of hydrogen-bond acceptors (Lipinski definition) is 3. The van der Waals surface area contributed by atoms with Gasteiger partial charge in [0, 0.05) is 11.5 Å².